The molecule has 1 amide bonds. The largest absolute Gasteiger partial charge is 0.465 e. The number of ether oxygens (including phenoxy) is 1. The summed E-state index contributed by atoms with van der Waals surface area (Å²) in [6.45, 7) is 0.841. The summed E-state index contributed by atoms with van der Waals surface area (Å²) in [5.41, 5.74) is 4.41. The number of amides is 1. The molecule has 0 radical (unpaired) electrons. The minimum atomic E-state index is -0.947. The van der Waals surface area contributed by atoms with Crippen LogP contribution >= 0.6 is 0 Å². The van der Waals surface area contributed by atoms with Gasteiger partial charge in [0, 0.05) is 19.4 Å². The quantitative estimate of drug-likeness (QED) is 0.941. The second-order valence-electron chi connectivity index (χ2n) is 5.07. The molecular formula is C16H16N2O3. The van der Waals surface area contributed by atoms with Crippen molar-refractivity contribution in [2.75, 3.05) is 13.6 Å². The lowest BCUT2D eigenvalue weighted by molar-refractivity contribution is 0.0428. The minimum absolute atomic E-state index is 0.206. The van der Waals surface area contributed by atoms with Crippen molar-refractivity contribution >= 4 is 6.09 Å². The molecule has 1 unspecified atom stereocenters. The van der Waals surface area contributed by atoms with Crippen LogP contribution in [0.1, 0.15) is 17.2 Å². The van der Waals surface area contributed by atoms with E-state index in [0.717, 1.165) is 22.3 Å². The lowest BCUT2D eigenvalue weighted by Gasteiger charge is -2.18. The zero-order valence-corrected chi connectivity index (χ0v) is 11.7. The van der Waals surface area contributed by atoms with Crippen molar-refractivity contribution in [1.82, 2.24) is 9.88 Å². The van der Waals surface area contributed by atoms with E-state index < -0.39 is 6.09 Å². The van der Waals surface area contributed by atoms with Crippen molar-refractivity contribution in [2.45, 2.75) is 12.7 Å². The second kappa shape index (κ2) is 5.54. The molecule has 0 spiro atoms. The zero-order chi connectivity index (χ0) is 14.8. The van der Waals surface area contributed by atoms with Gasteiger partial charge >= 0.3 is 6.09 Å². The van der Waals surface area contributed by atoms with Gasteiger partial charge in [0.05, 0.1) is 13.2 Å². The smallest absolute Gasteiger partial charge is 0.407 e. The van der Waals surface area contributed by atoms with Crippen molar-refractivity contribution in [3.05, 3.63) is 53.9 Å². The molecule has 0 saturated carbocycles. The Morgan fingerprint density at radius 1 is 1.38 bits per heavy atom. The van der Waals surface area contributed by atoms with E-state index in [0.29, 0.717) is 13.2 Å². The molecule has 0 fully saturated rings. The van der Waals surface area contributed by atoms with Gasteiger partial charge in [-0.15, -0.1) is 0 Å². The number of rotatable bonds is 3. The van der Waals surface area contributed by atoms with Gasteiger partial charge in [0.1, 0.15) is 6.10 Å². The van der Waals surface area contributed by atoms with E-state index in [-0.39, 0.29) is 6.10 Å². The number of fused-ring (bicyclic) bond motifs is 1. The van der Waals surface area contributed by atoms with Gasteiger partial charge in [0.25, 0.3) is 0 Å². The van der Waals surface area contributed by atoms with Gasteiger partial charge in [-0.3, -0.25) is 4.98 Å². The molecule has 21 heavy (non-hydrogen) atoms. The SMILES string of the molecule is CN(CC1OCc2c(-c3ccncc3)cccc21)C(=O)O. The number of hydrogen-bond donors (Lipinski definition) is 1. The highest BCUT2D eigenvalue weighted by Gasteiger charge is 2.27. The maximum absolute atomic E-state index is 11.0. The topological polar surface area (TPSA) is 62.7 Å². The number of aromatic nitrogens is 1. The number of carboxylic acid groups (broad SMARTS) is 1. The highest BCUT2D eigenvalue weighted by atomic mass is 16.5. The van der Waals surface area contributed by atoms with Crippen LogP contribution in [0.25, 0.3) is 11.1 Å². The summed E-state index contributed by atoms with van der Waals surface area (Å²) in [6.07, 6.45) is 2.38. The molecule has 2 heterocycles. The van der Waals surface area contributed by atoms with Gasteiger partial charge in [-0.25, -0.2) is 4.79 Å². The third-order valence-corrected chi connectivity index (χ3v) is 3.75. The first kappa shape index (κ1) is 13.6. The van der Waals surface area contributed by atoms with Crippen LogP contribution < -0.4 is 0 Å². The number of benzene rings is 1. The Morgan fingerprint density at radius 2 is 2.14 bits per heavy atom. The molecular weight excluding hydrogens is 268 g/mol. The number of hydrogen-bond acceptors (Lipinski definition) is 3. The van der Waals surface area contributed by atoms with Gasteiger partial charge in [0.15, 0.2) is 0 Å². The average molecular weight is 284 g/mol. The summed E-state index contributed by atoms with van der Waals surface area (Å²) >= 11 is 0. The molecule has 1 aromatic carbocycles. The maximum atomic E-state index is 11.0. The van der Waals surface area contributed by atoms with Gasteiger partial charge in [0.2, 0.25) is 0 Å². The Morgan fingerprint density at radius 3 is 2.86 bits per heavy atom. The van der Waals surface area contributed by atoms with Crippen molar-refractivity contribution < 1.29 is 14.6 Å². The molecule has 5 nitrogen and oxygen atoms in total. The standard InChI is InChI=1S/C16H16N2O3/c1-18(16(19)20)9-15-13-4-2-3-12(14(13)10-21-15)11-5-7-17-8-6-11/h2-8,15H,9-10H2,1H3,(H,19,20). The van der Waals surface area contributed by atoms with Gasteiger partial charge in [-0.2, -0.15) is 0 Å². The third kappa shape index (κ3) is 2.60. The fraction of sp³-hybridized carbons (Fsp3) is 0.250. The summed E-state index contributed by atoms with van der Waals surface area (Å²) in [5.74, 6) is 0. The summed E-state index contributed by atoms with van der Waals surface area (Å²) in [6, 6.07) is 9.98. The summed E-state index contributed by atoms with van der Waals surface area (Å²) in [7, 11) is 1.55. The summed E-state index contributed by atoms with van der Waals surface area (Å²) in [5, 5.41) is 8.99. The molecule has 1 aliphatic rings. The van der Waals surface area contributed by atoms with Gasteiger partial charge in [-0.1, -0.05) is 18.2 Å². The predicted octanol–water partition coefficient (Wildman–Crippen LogP) is 2.93. The van der Waals surface area contributed by atoms with Gasteiger partial charge in [-0.05, 0) is 34.4 Å². The molecule has 0 saturated heterocycles. The first-order valence-electron chi connectivity index (χ1n) is 6.74. The van der Waals surface area contributed by atoms with E-state index in [1.165, 1.54) is 4.90 Å². The highest BCUT2D eigenvalue weighted by molar-refractivity contribution is 5.69. The lowest BCUT2D eigenvalue weighted by Crippen LogP contribution is -2.29. The van der Waals surface area contributed by atoms with Crippen LogP contribution in [0.15, 0.2) is 42.7 Å². The fourth-order valence-electron chi connectivity index (χ4n) is 2.62. The predicted molar refractivity (Wildman–Crippen MR) is 77.9 cm³/mol. The van der Waals surface area contributed by atoms with E-state index in [9.17, 15) is 4.79 Å². The second-order valence-corrected chi connectivity index (χ2v) is 5.07. The zero-order valence-electron chi connectivity index (χ0n) is 11.7. The molecule has 2 aromatic rings. The molecule has 5 heteroatoms. The van der Waals surface area contributed by atoms with Crippen molar-refractivity contribution in [3.8, 4) is 11.1 Å². The number of carbonyl (C=O) groups is 1. The number of pyridine rings is 1. The van der Waals surface area contributed by atoms with E-state index in [1.54, 1.807) is 19.4 Å². The molecule has 0 aliphatic carbocycles. The third-order valence-electron chi connectivity index (χ3n) is 3.75. The van der Waals surface area contributed by atoms with Crippen LogP contribution in [0.4, 0.5) is 4.79 Å². The van der Waals surface area contributed by atoms with E-state index >= 15 is 0 Å². The van der Waals surface area contributed by atoms with Crippen LogP contribution in [0.5, 0.6) is 0 Å². The van der Waals surface area contributed by atoms with E-state index in [1.807, 2.05) is 24.3 Å². The lowest BCUT2D eigenvalue weighted by atomic mass is 9.95. The normalized spacial score (nSPS) is 16.5. The minimum Gasteiger partial charge on any atom is -0.465 e. The Balaban J connectivity index is 1.93. The summed E-state index contributed by atoms with van der Waals surface area (Å²) < 4.78 is 5.79. The number of nitrogens with zero attached hydrogens (tertiary/aromatic N) is 2. The first-order valence-corrected chi connectivity index (χ1v) is 6.74. The molecule has 1 atom stereocenters. The molecule has 1 aliphatic heterocycles. The van der Waals surface area contributed by atoms with Crippen LogP contribution in [0, 0.1) is 0 Å². The van der Waals surface area contributed by atoms with E-state index in [4.69, 9.17) is 9.84 Å². The molecule has 1 aromatic heterocycles. The van der Waals surface area contributed by atoms with Crippen molar-refractivity contribution in [3.63, 3.8) is 0 Å². The van der Waals surface area contributed by atoms with Crippen LogP contribution in [0.2, 0.25) is 0 Å². The van der Waals surface area contributed by atoms with E-state index in [2.05, 4.69) is 11.1 Å². The van der Waals surface area contributed by atoms with Crippen LogP contribution in [0.3, 0.4) is 0 Å². The van der Waals surface area contributed by atoms with Crippen molar-refractivity contribution in [1.29, 1.82) is 0 Å². The molecule has 0 bridgehead atoms. The Bertz CT molecular complexity index is 658. The Kier molecular flexibility index (Phi) is 3.58. The van der Waals surface area contributed by atoms with Crippen molar-refractivity contribution in [2.24, 2.45) is 0 Å². The fourth-order valence-corrected chi connectivity index (χ4v) is 2.62. The van der Waals surface area contributed by atoms with Crippen LogP contribution in [-0.2, 0) is 11.3 Å². The highest BCUT2D eigenvalue weighted by Crippen LogP contribution is 2.37. The molecule has 108 valence electrons. The molecule has 1 N–H and O–H groups in total. The van der Waals surface area contributed by atoms with Crippen LogP contribution in [-0.4, -0.2) is 34.7 Å². The molecule has 3 rings (SSSR count). The first-order chi connectivity index (χ1) is 10.2. The maximum Gasteiger partial charge on any atom is 0.407 e. The van der Waals surface area contributed by atoms with Gasteiger partial charge < -0.3 is 14.7 Å². The summed E-state index contributed by atoms with van der Waals surface area (Å²) in [4.78, 5) is 16.2. The Labute approximate surface area is 122 Å². The average Bonchev–Trinajstić information content (AvgIpc) is 2.91. The Hall–Kier alpha value is -2.40. The monoisotopic (exact) mass is 284 g/mol. The number of likely N-dealkylation sites (N-methyl/N-ethyl adjacent to an activating group) is 1.